The summed E-state index contributed by atoms with van der Waals surface area (Å²) in [5.74, 6) is -0.154. The van der Waals surface area contributed by atoms with Crippen LogP contribution >= 0.6 is 0 Å². The van der Waals surface area contributed by atoms with Gasteiger partial charge in [0.15, 0.2) is 0 Å². The summed E-state index contributed by atoms with van der Waals surface area (Å²) < 4.78 is 4.81. The molecule has 2 aliphatic rings. The maximum absolute atomic E-state index is 10.9. The van der Waals surface area contributed by atoms with Crippen molar-refractivity contribution in [2.24, 2.45) is 11.8 Å². The summed E-state index contributed by atoms with van der Waals surface area (Å²) in [6.07, 6.45) is 3.34. The van der Waals surface area contributed by atoms with Crippen LogP contribution in [0, 0.1) is 11.8 Å². The van der Waals surface area contributed by atoms with E-state index in [9.17, 15) is 9.59 Å². The third-order valence-corrected chi connectivity index (χ3v) is 2.37. The molecule has 1 heterocycles. The highest BCUT2D eigenvalue weighted by Gasteiger charge is 2.41. The van der Waals surface area contributed by atoms with E-state index in [1.54, 1.807) is 0 Å². The zero-order valence-electron chi connectivity index (χ0n) is 5.95. The molecule has 0 amide bonds. The number of carbonyl (C=O) groups is 2. The van der Waals surface area contributed by atoms with Gasteiger partial charge < -0.3 is 4.74 Å². The molecule has 1 aliphatic carbocycles. The van der Waals surface area contributed by atoms with Gasteiger partial charge in [-0.2, -0.15) is 0 Å². The van der Waals surface area contributed by atoms with Crippen molar-refractivity contribution in [3.8, 4) is 0 Å². The highest BCUT2D eigenvalue weighted by Crippen LogP contribution is 2.36. The molecule has 0 radical (unpaired) electrons. The number of cyclic esters (lactones) is 1. The Morgan fingerprint density at radius 2 is 2.36 bits per heavy atom. The molecule has 0 bridgehead atoms. The lowest BCUT2D eigenvalue weighted by Crippen LogP contribution is -2.11. The Morgan fingerprint density at radius 3 is 3.09 bits per heavy atom. The van der Waals surface area contributed by atoms with Gasteiger partial charge in [0.05, 0.1) is 12.5 Å². The van der Waals surface area contributed by atoms with Gasteiger partial charge in [-0.25, -0.2) is 0 Å². The number of allylic oxidation sites excluding steroid dienone is 1. The second-order valence-electron chi connectivity index (χ2n) is 2.90. The fraction of sp³-hybridized carbons (Fsp3) is 0.500. The second-order valence-corrected chi connectivity index (χ2v) is 2.90. The van der Waals surface area contributed by atoms with Crippen molar-refractivity contribution in [3.63, 3.8) is 0 Å². The first-order valence-corrected chi connectivity index (χ1v) is 3.65. The average molecular weight is 152 g/mol. The van der Waals surface area contributed by atoms with Crippen LogP contribution in [0.3, 0.4) is 0 Å². The monoisotopic (exact) mass is 152 g/mol. The summed E-state index contributed by atoms with van der Waals surface area (Å²) in [4.78, 5) is 21.4. The molecule has 0 aromatic rings. The van der Waals surface area contributed by atoms with E-state index in [-0.39, 0.29) is 17.8 Å². The molecule has 2 atom stereocenters. The first-order chi connectivity index (χ1) is 5.33. The SMILES string of the molecule is O=CC1=CCC2C(=O)OCC12. The molecular formula is C8H8O3. The fourth-order valence-electron chi connectivity index (χ4n) is 1.70. The van der Waals surface area contributed by atoms with Gasteiger partial charge in [0.25, 0.3) is 0 Å². The number of ether oxygens (including phenoxy) is 1. The zero-order valence-corrected chi connectivity index (χ0v) is 5.95. The summed E-state index contributed by atoms with van der Waals surface area (Å²) in [6.45, 7) is 0.397. The van der Waals surface area contributed by atoms with E-state index in [2.05, 4.69) is 0 Å². The molecule has 1 fully saturated rings. The molecule has 2 unspecified atom stereocenters. The Labute approximate surface area is 64.0 Å². The molecule has 0 N–H and O–H groups in total. The van der Waals surface area contributed by atoms with Crippen LogP contribution in [-0.4, -0.2) is 18.9 Å². The molecule has 2 rings (SSSR count). The predicted molar refractivity (Wildman–Crippen MR) is 36.7 cm³/mol. The summed E-state index contributed by atoms with van der Waals surface area (Å²) in [7, 11) is 0. The van der Waals surface area contributed by atoms with Gasteiger partial charge in [-0.15, -0.1) is 0 Å². The normalized spacial score (nSPS) is 34.5. The van der Waals surface area contributed by atoms with Crippen LogP contribution in [-0.2, 0) is 14.3 Å². The smallest absolute Gasteiger partial charge is 0.310 e. The van der Waals surface area contributed by atoms with E-state index >= 15 is 0 Å². The molecule has 11 heavy (non-hydrogen) atoms. The second kappa shape index (κ2) is 2.19. The molecule has 1 saturated heterocycles. The summed E-state index contributed by atoms with van der Waals surface area (Å²) in [5, 5.41) is 0. The van der Waals surface area contributed by atoms with Crippen molar-refractivity contribution >= 4 is 12.3 Å². The van der Waals surface area contributed by atoms with Crippen molar-refractivity contribution in [3.05, 3.63) is 11.6 Å². The number of esters is 1. The fourth-order valence-corrected chi connectivity index (χ4v) is 1.70. The molecule has 1 aliphatic heterocycles. The Kier molecular flexibility index (Phi) is 1.31. The lowest BCUT2D eigenvalue weighted by atomic mass is 9.95. The van der Waals surface area contributed by atoms with Gasteiger partial charge in [-0.3, -0.25) is 9.59 Å². The van der Waals surface area contributed by atoms with Gasteiger partial charge in [-0.05, 0) is 12.0 Å². The van der Waals surface area contributed by atoms with Gasteiger partial charge in [0.2, 0.25) is 0 Å². The van der Waals surface area contributed by atoms with Gasteiger partial charge in [-0.1, -0.05) is 6.08 Å². The first kappa shape index (κ1) is 6.58. The van der Waals surface area contributed by atoms with Crippen molar-refractivity contribution in [2.45, 2.75) is 6.42 Å². The summed E-state index contributed by atoms with van der Waals surface area (Å²) in [5.41, 5.74) is 0.737. The molecular weight excluding hydrogens is 144 g/mol. The van der Waals surface area contributed by atoms with E-state index in [1.807, 2.05) is 6.08 Å². The van der Waals surface area contributed by atoms with Crippen LogP contribution in [0.2, 0.25) is 0 Å². The minimum Gasteiger partial charge on any atom is -0.465 e. The number of aldehydes is 1. The Balaban J connectivity index is 2.23. The van der Waals surface area contributed by atoms with Crippen LogP contribution in [0.25, 0.3) is 0 Å². The number of rotatable bonds is 1. The topological polar surface area (TPSA) is 43.4 Å². The molecule has 0 aromatic carbocycles. The van der Waals surface area contributed by atoms with Crippen molar-refractivity contribution < 1.29 is 14.3 Å². The van der Waals surface area contributed by atoms with Crippen molar-refractivity contribution in [1.82, 2.24) is 0 Å². The van der Waals surface area contributed by atoms with E-state index < -0.39 is 0 Å². The quantitative estimate of drug-likeness (QED) is 0.401. The third-order valence-electron chi connectivity index (χ3n) is 2.37. The maximum Gasteiger partial charge on any atom is 0.310 e. The summed E-state index contributed by atoms with van der Waals surface area (Å²) in [6, 6.07) is 0. The van der Waals surface area contributed by atoms with Gasteiger partial charge >= 0.3 is 5.97 Å². The number of fused-ring (bicyclic) bond motifs is 1. The minimum absolute atomic E-state index is 0.0556. The average Bonchev–Trinajstić information content (AvgIpc) is 2.53. The van der Waals surface area contributed by atoms with E-state index in [4.69, 9.17) is 4.74 Å². The minimum atomic E-state index is -0.150. The van der Waals surface area contributed by atoms with Crippen LogP contribution in [0.15, 0.2) is 11.6 Å². The first-order valence-electron chi connectivity index (χ1n) is 3.65. The number of hydrogen-bond acceptors (Lipinski definition) is 3. The molecule has 0 saturated carbocycles. The zero-order chi connectivity index (χ0) is 7.84. The standard InChI is InChI=1S/C8H8O3/c9-3-5-1-2-6-7(5)4-11-8(6)10/h1,3,6-7H,2,4H2. The molecule has 3 heteroatoms. The van der Waals surface area contributed by atoms with Gasteiger partial charge in [0.1, 0.15) is 6.29 Å². The van der Waals surface area contributed by atoms with E-state index in [1.165, 1.54) is 0 Å². The maximum atomic E-state index is 10.9. The lowest BCUT2D eigenvalue weighted by Gasteiger charge is -2.02. The van der Waals surface area contributed by atoms with Crippen LogP contribution < -0.4 is 0 Å². The lowest BCUT2D eigenvalue weighted by molar-refractivity contribution is -0.141. The van der Waals surface area contributed by atoms with Crippen molar-refractivity contribution in [1.29, 1.82) is 0 Å². The van der Waals surface area contributed by atoms with Crippen LogP contribution in [0.1, 0.15) is 6.42 Å². The number of hydrogen-bond donors (Lipinski definition) is 0. The van der Waals surface area contributed by atoms with E-state index in [0.717, 1.165) is 11.9 Å². The molecule has 0 aromatic heterocycles. The predicted octanol–water partition coefficient (Wildman–Crippen LogP) is 0.305. The third kappa shape index (κ3) is 0.803. The highest BCUT2D eigenvalue weighted by molar-refractivity contribution is 5.83. The molecule has 0 spiro atoms. The van der Waals surface area contributed by atoms with Gasteiger partial charge in [0, 0.05) is 5.92 Å². The van der Waals surface area contributed by atoms with Crippen LogP contribution in [0.5, 0.6) is 0 Å². The summed E-state index contributed by atoms with van der Waals surface area (Å²) >= 11 is 0. The Morgan fingerprint density at radius 1 is 1.55 bits per heavy atom. The van der Waals surface area contributed by atoms with Crippen molar-refractivity contribution in [2.75, 3.05) is 6.61 Å². The highest BCUT2D eigenvalue weighted by atomic mass is 16.5. The number of carbonyl (C=O) groups excluding carboxylic acids is 2. The largest absolute Gasteiger partial charge is 0.465 e. The Hall–Kier alpha value is -1.12. The van der Waals surface area contributed by atoms with Crippen LogP contribution in [0.4, 0.5) is 0 Å². The molecule has 58 valence electrons. The Bertz CT molecular complexity index is 242. The van der Waals surface area contributed by atoms with E-state index in [0.29, 0.717) is 13.0 Å². The molecule has 3 nitrogen and oxygen atoms in total.